The van der Waals surface area contributed by atoms with Crippen molar-refractivity contribution in [3.63, 3.8) is 0 Å². The number of hydrogen-bond acceptors (Lipinski definition) is 2. The number of nitrogens with zero attached hydrogens (tertiary/aromatic N) is 2. The molecule has 0 atom stereocenters. The van der Waals surface area contributed by atoms with Crippen LogP contribution in [0.3, 0.4) is 0 Å². The molecule has 0 aliphatic carbocycles. The first kappa shape index (κ1) is 29.5. The summed E-state index contributed by atoms with van der Waals surface area (Å²) in [5, 5.41) is 5.13. The first-order valence-corrected chi connectivity index (χ1v) is 18.2. The first-order valence-electron chi connectivity index (χ1n) is 17.4. The Hall–Kier alpha value is -6.42. The molecule has 240 valence electrons. The van der Waals surface area contributed by atoms with Gasteiger partial charge in [0.05, 0.1) is 16.7 Å². The molecule has 0 spiro atoms. The summed E-state index contributed by atoms with van der Waals surface area (Å²) in [4.78, 5) is 2.36. The van der Waals surface area contributed by atoms with Crippen LogP contribution in [0.25, 0.3) is 69.9 Å². The Balaban J connectivity index is 1.11. The minimum absolute atomic E-state index is 1.12. The molecule has 3 heteroatoms. The van der Waals surface area contributed by atoms with E-state index in [4.69, 9.17) is 0 Å². The van der Waals surface area contributed by atoms with Crippen molar-refractivity contribution in [2.45, 2.75) is 0 Å². The zero-order valence-electron chi connectivity index (χ0n) is 27.8. The molecule has 0 amide bonds. The Labute approximate surface area is 300 Å². The highest BCUT2D eigenvalue weighted by Gasteiger charge is 2.19. The Bertz CT molecular complexity index is 2850. The molecule has 0 saturated carbocycles. The number of thiophene rings is 1. The molecule has 10 rings (SSSR count). The number of benzene rings is 8. The highest BCUT2D eigenvalue weighted by molar-refractivity contribution is 7.25. The Morgan fingerprint density at radius 3 is 1.80 bits per heavy atom. The van der Waals surface area contributed by atoms with E-state index in [0.29, 0.717) is 0 Å². The Morgan fingerprint density at radius 1 is 0.373 bits per heavy atom. The van der Waals surface area contributed by atoms with Crippen molar-refractivity contribution in [3.05, 3.63) is 194 Å². The van der Waals surface area contributed by atoms with Gasteiger partial charge in [0.15, 0.2) is 0 Å². The Morgan fingerprint density at radius 2 is 0.961 bits per heavy atom. The summed E-state index contributed by atoms with van der Waals surface area (Å²) in [5.74, 6) is 0. The van der Waals surface area contributed by atoms with Crippen LogP contribution in [-0.2, 0) is 0 Å². The summed E-state index contributed by atoms with van der Waals surface area (Å²) in [5.41, 5.74) is 11.8. The molecule has 0 N–H and O–H groups in total. The van der Waals surface area contributed by atoms with Gasteiger partial charge >= 0.3 is 0 Å². The molecule has 0 aliphatic rings. The van der Waals surface area contributed by atoms with Gasteiger partial charge < -0.3 is 9.47 Å². The second kappa shape index (κ2) is 12.2. The van der Waals surface area contributed by atoms with Crippen molar-refractivity contribution in [2.24, 2.45) is 0 Å². The molecule has 0 radical (unpaired) electrons. The van der Waals surface area contributed by atoms with Gasteiger partial charge in [-0.3, -0.25) is 0 Å². The number of fused-ring (bicyclic) bond motifs is 6. The van der Waals surface area contributed by atoms with Gasteiger partial charge in [0, 0.05) is 53.6 Å². The van der Waals surface area contributed by atoms with Crippen LogP contribution in [-0.4, -0.2) is 4.57 Å². The van der Waals surface area contributed by atoms with E-state index in [0.717, 1.165) is 22.7 Å². The van der Waals surface area contributed by atoms with E-state index in [-0.39, 0.29) is 0 Å². The zero-order valence-corrected chi connectivity index (χ0v) is 28.6. The number of para-hydroxylation sites is 3. The predicted octanol–water partition coefficient (Wildman–Crippen LogP) is 14.0. The lowest BCUT2D eigenvalue weighted by atomic mass is 9.99. The van der Waals surface area contributed by atoms with Gasteiger partial charge in [-0.05, 0) is 83.4 Å². The highest BCUT2D eigenvalue weighted by Crippen LogP contribution is 2.43. The number of anilines is 3. The topological polar surface area (TPSA) is 8.17 Å². The molecule has 0 unspecified atom stereocenters. The SMILES string of the molecule is c1ccc(-c2cccc3c2c2ccccc2n3-c2ccccc2-c2ccc(N(c3ccccc3)c3ccc4sc5ccccc5c4c3)cc2)cc1. The lowest BCUT2D eigenvalue weighted by Crippen LogP contribution is -2.09. The zero-order chi connectivity index (χ0) is 33.7. The molecule has 0 fully saturated rings. The number of hydrogen-bond donors (Lipinski definition) is 0. The quantitative estimate of drug-likeness (QED) is 0.171. The van der Waals surface area contributed by atoms with E-state index in [1.165, 1.54) is 64.2 Å². The first-order chi connectivity index (χ1) is 25.3. The molecule has 8 aromatic carbocycles. The predicted molar refractivity (Wildman–Crippen MR) is 219 cm³/mol. The van der Waals surface area contributed by atoms with Crippen LogP contribution in [0.2, 0.25) is 0 Å². The summed E-state index contributed by atoms with van der Waals surface area (Å²) in [7, 11) is 0. The summed E-state index contributed by atoms with van der Waals surface area (Å²) < 4.78 is 5.07. The number of aromatic nitrogens is 1. The third-order valence-electron chi connectivity index (χ3n) is 10.00. The van der Waals surface area contributed by atoms with E-state index >= 15 is 0 Å². The molecule has 0 saturated heterocycles. The second-order valence-corrected chi connectivity index (χ2v) is 14.0. The fourth-order valence-corrected chi connectivity index (χ4v) is 8.80. The molecule has 2 nitrogen and oxygen atoms in total. The fraction of sp³-hybridized carbons (Fsp3) is 0. The molecular formula is C48H32N2S. The smallest absolute Gasteiger partial charge is 0.0547 e. The van der Waals surface area contributed by atoms with Crippen molar-refractivity contribution in [3.8, 4) is 27.9 Å². The van der Waals surface area contributed by atoms with E-state index in [1.54, 1.807) is 0 Å². The van der Waals surface area contributed by atoms with E-state index in [9.17, 15) is 0 Å². The van der Waals surface area contributed by atoms with Gasteiger partial charge in [-0.1, -0.05) is 127 Å². The molecule has 0 bridgehead atoms. The fourth-order valence-electron chi connectivity index (χ4n) is 7.72. The van der Waals surface area contributed by atoms with E-state index in [1.807, 2.05) is 11.3 Å². The average Bonchev–Trinajstić information content (AvgIpc) is 3.75. The second-order valence-electron chi connectivity index (χ2n) is 12.9. The summed E-state index contributed by atoms with van der Waals surface area (Å²) in [6.07, 6.45) is 0. The van der Waals surface area contributed by atoms with Crippen molar-refractivity contribution in [1.29, 1.82) is 0 Å². The maximum atomic E-state index is 2.44. The minimum Gasteiger partial charge on any atom is -0.310 e. The van der Waals surface area contributed by atoms with Crippen molar-refractivity contribution < 1.29 is 0 Å². The minimum atomic E-state index is 1.12. The van der Waals surface area contributed by atoms with Gasteiger partial charge in [-0.2, -0.15) is 0 Å². The summed E-state index contributed by atoms with van der Waals surface area (Å²) in [6, 6.07) is 70.3. The van der Waals surface area contributed by atoms with Crippen molar-refractivity contribution in [2.75, 3.05) is 4.90 Å². The van der Waals surface area contributed by atoms with Crippen LogP contribution in [0.1, 0.15) is 0 Å². The van der Waals surface area contributed by atoms with Crippen LogP contribution in [0.15, 0.2) is 194 Å². The van der Waals surface area contributed by atoms with E-state index < -0.39 is 0 Å². The van der Waals surface area contributed by atoms with Gasteiger partial charge in [0.2, 0.25) is 0 Å². The Kier molecular flexibility index (Phi) is 7.04. The lowest BCUT2D eigenvalue weighted by Gasteiger charge is -2.26. The van der Waals surface area contributed by atoms with Gasteiger partial charge in [0.1, 0.15) is 0 Å². The maximum absolute atomic E-state index is 2.44. The van der Waals surface area contributed by atoms with Crippen LogP contribution < -0.4 is 4.90 Å². The molecule has 2 heterocycles. The normalized spacial score (nSPS) is 11.5. The van der Waals surface area contributed by atoms with Crippen LogP contribution in [0, 0.1) is 0 Å². The third kappa shape index (κ3) is 4.93. The van der Waals surface area contributed by atoms with Crippen molar-refractivity contribution >= 4 is 70.4 Å². The van der Waals surface area contributed by atoms with Crippen LogP contribution >= 0.6 is 11.3 Å². The maximum Gasteiger partial charge on any atom is 0.0547 e. The van der Waals surface area contributed by atoms with Gasteiger partial charge in [-0.15, -0.1) is 11.3 Å². The molecular weight excluding hydrogens is 637 g/mol. The van der Waals surface area contributed by atoms with Gasteiger partial charge in [-0.25, -0.2) is 0 Å². The van der Waals surface area contributed by atoms with Gasteiger partial charge in [0.25, 0.3) is 0 Å². The molecule has 51 heavy (non-hydrogen) atoms. The summed E-state index contributed by atoms with van der Waals surface area (Å²) in [6.45, 7) is 0. The van der Waals surface area contributed by atoms with Crippen molar-refractivity contribution in [1.82, 2.24) is 4.57 Å². The standard InChI is InChI=1S/C48H32N2S/c1-3-14-33(15-4-1)39-21-13-24-45-48(39)41-20-8-11-23-44(41)50(45)43-22-10-7-18-38(43)34-26-28-36(29-27-34)49(35-16-5-2-6-17-35)37-30-31-47-42(32-37)40-19-9-12-25-46(40)51-47/h1-32H. The van der Waals surface area contributed by atoms with E-state index in [2.05, 4.69) is 204 Å². The molecule has 0 aliphatic heterocycles. The largest absolute Gasteiger partial charge is 0.310 e. The molecule has 10 aromatic rings. The van der Waals surface area contributed by atoms with Crippen LogP contribution in [0.4, 0.5) is 17.1 Å². The molecule has 2 aromatic heterocycles. The number of rotatable bonds is 6. The lowest BCUT2D eigenvalue weighted by molar-refractivity contribution is 1.18. The monoisotopic (exact) mass is 668 g/mol. The summed E-state index contributed by atoms with van der Waals surface area (Å²) >= 11 is 1.85. The third-order valence-corrected chi connectivity index (χ3v) is 11.1. The van der Waals surface area contributed by atoms with Crippen LogP contribution in [0.5, 0.6) is 0 Å². The average molecular weight is 669 g/mol. The highest BCUT2D eigenvalue weighted by atomic mass is 32.1.